The van der Waals surface area contributed by atoms with Crippen molar-refractivity contribution in [2.45, 2.75) is 71.6 Å². The molecular weight excluding hydrogens is 975 g/mol. The number of hydrogen-bond acceptors (Lipinski definition) is 4. The zero-order valence-corrected chi connectivity index (χ0v) is 46.4. The van der Waals surface area contributed by atoms with Gasteiger partial charge in [-0.1, -0.05) is 183 Å². The summed E-state index contributed by atoms with van der Waals surface area (Å²) in [5, 5.41) is 11.8. The van der Waals surface area contributed by atoms with Crippen LogP contribution in [-0.2, 0) is 16.2 Å². The van der Waals surface area contributed by atoms with Gasteiger partial charge in [0.2, 0.25) is 0 Å². The molecule has 0 amide bonds. The minimum Gasteiger partial charge on any atom is -0.454 e. The number of benzene rings is 11. The fourth-order valence-corrected chi connectivity index (χ4v) is 13.7. The van der Waals surface area contributed by atoms with E-state index in [1.807, 2.05) is 0 Å². The molecule has 0 radical (unpaired) electrons. The Labute approximate surface area is 464 Å². The fraction of sp³-hybridized carbons (Fsp3) is 0.147. The van der Waals surface area contributed by atoms with E-state index in [2.05, 4.69) is 282 Å². The van der Waals surface area contributed by atoms with Gasteiger partial charge < -0.3 is 23.0 Å². The van der Waals surface area contributed by atoms with E-state index in [-0.39, 0.29) is 16.2 Å². The van der Waals surface area contributed by atoms with E-state index < -0.39 is 0 Å². The molecule has 0 unspecified atom stereocenters. The topological polar surface area (TPSA) is 37.2 Å². The molecular formula is C75H59N3O2. The average Bonchev–Trinajstić information content (AvgIpc) is 4.46. The Morgan fingerprint density at radius 2 is 0.900 bits per heavy atom. The molecule has 5 nitrogen and oxygen atoms in total. The third-order valence-electron chi connectivity index (χ3n) is 17.8. The summed E-state index contributed by atoms with van der Waals surface area (Å²) < 4.78 is 16.2. The quantitative estimate of drug-likeness (QED) is 0.166. The Kier molecular flexibility index (Phi) is 9.57. The first-order chi connectivity index (χ1) is 38.7. The molecule has 0 bridgehead atoms. The second kappa shape index (κ2) is 16.4. The van der Waals surface area contributed by atoms with Crippen molar-refractivity contribution in [3.05, 3.63) is 235 Å². The zero-order valence-electron chi connectivity index (χ0n) is 46.4. The molecule has 0 fully saturated rings. The van der Waals surface area contributed by atoms with Crippen LogP contribution in [0.15, 0.2) is 221 Å². The van der Waals surface area contributed by atoms with Gasteiger partial charge in [-0.2, -0.15) is 0 Å². The summed E-state index contributed by atoms with van der Waals surface area (Å²) in [4.78, 5) is 4.87. The van der Waals surface area contributed by atoms with Crippen molar-refractivity contribution in [1.29, 1.82) is 0 Å². The number of nitrogens with zero attached hydrogens (tertiary/aromatic N) is 3. The monoisotopic (exact) mass is 1030 g/mol. The Morgan fingerprint density at radius 1 is 0.375 bits per heavy atom. The molecule has 386 valence electrons. The van der Waals surface area contributed by atoms with Crippen LogP contribution in [0.2, 0.25) is 0 Å². The minimum atomic E-state index is -0.292. The highest BCUT2D eigenvalue weighted by Crippen LogP contribution is 2.55. The van der Waals surface area contributed by atoms with E-state index >= 15 is 0 Å². The molecule has 1 aliphatic rings. The van der Waals surface area contributed by atoms with Crippen molar-refractivity contribution >= 4 is 127 Å². The summed E-state index contributed by atoms with van der Waals surface area (Å²) in [7, 11) is 0. The largest absolute Gasteiger partial charge is 0.454 e. The third kappa shape index (κ3) is 6.58. The Bertz CT molecular complexity index is 5090. The van der Waals surface area contributed by atoms with Crippen LogP contribution in [0.3, 0.4) is 0 Å². The molecule has 4 heterocycles. The van der Waals surface area contributed by atoms with Crippen LogP contribution in [0.5, 0.6) is 0 Å². The number of hydrogen-bond donors (Lipinski definition) is 0. The number of fused-ring (bicyclic) bond motifs is 17. The highest BCUT2D eigenvalue weighted by molar-refractivity contribution is 6.31. The molecule has 5 heteroatoms. The van der Waals surface area contributed by atoms with E-state index in [4.69, 9.17) is 8.83 Å². The second-order valence-electron chi connectivity index (χ2n) is 24.9. The van der Waals surface area contributed by atoms with Crippen molar-refractivity contribution in [1.82, 2.24) is 4.40 Å². The zero-order chi connectivity index (χ0) is 54.1. The standard InChI is InChI=1S/C75H59N3O2/c1-73(2,3)45-19-15-21-47(40-45)76(64-29-17-26-55-51-23-10-13-31-66(51)79-71(55)64)49-34-36-50-59-43-58-44(39-60(59)75(7,8)61(50)42-49)33-35-53-54-37-38-63(68-57-25-9-12-28-62(57)78(69(53)58)70(54)68)77(48-22-16-20-46(41-48)74(4,5)6)65-30-18-27-56-52-24-11-14-32-67(52)80-72(56)65/h9-43H,1-8H3. The third-order valence-corrected chi connectivity index (χ3v) is 17.8. The number of furan rings is 2. The van der Waals surface area contributed by atoms with Gasteiger partial charge in [0.05, 0.1) is 33.6 Å². The minimum absolute atomic E-state index is 0.0381. The molecule has 0 saturated heterocycles. The molecule has 1 aliphatic carbocycles. The van der Waals surface area contributed by atoms with E-state index in [1.165, 1.54) is 82.2 Å². The van der Waals surface area contributed by atoms with Crippen molar-refractivity contribution in [3.8, 4) is 11.1 Å². The lowest BCUT2D eigenvalue weighted by Crippen LogP contribution is -2.17. The Balaban J connectivity index is 0.915. The maximum absolute atomic E-state index is 6.87. The lowest BCUT2D eigenvalue weighted by molar-refractivity contribution is 0.590. The summed E-state index contributed by atoms with van der Waals surface area (Å²) in [6, 6.07) is 78.7. The fourth-order valence-electron chi connectivity index (χ4n) is 13.7. The molecule has 15 aromatic rings. The van der Waals surface area contributed by atoms with Crippen molar-refractivity contribution in [2.75, 3.05) is 9.80 Å². The first-order valence-electron chi connectivity index (χ1n) is 28.2. The van der Waals surface area contributed by atoms with Gasteiger partial charge in [0.1, 0.15) is 11.2 Å². The van der Waals surface area contributed by atoms with Gasteiger partial charge in [-0.15, -0.1) is 0 Å². The summed E-state index contributed by atoms with van der Waals surface area (Å²) in [6.07, 6.45) is 0. The molecule has 0 N–H and O–H groups in total. The smallest absolute Gasteiger partial charge is 0.159 e. The lowest BCUT2D eigenvalue weighted by Gasteiger charge is -2.29. The van der Waals surface area contributed by atoms with Gasteiger partial charge in [0.15, 0.2) is 11.2 Å². The summed E-state index contributed by atoms with van der Waals surface area (Å²) in [5.41, 5.74) is 20.9. The summed E-state index contributed by atoms with van der Waals surface area (Å²) >= 11 is 0. The van der Waals surface area contributed by atoms with Gasteiger partial charge in [-0.3, -0.25) is 0 Å². The molecule has 0 spiro atoms. The van der Waals surface area contributed by atoms with E-state index in [9.17, 15) is 0 Å². The molecule has 80 heavy (non-hydrogen) atoms. The molecule has 0 aliphatic heterocycles. The lowest BCUT2D eigenvalue weighted by atomic mass is 9.81. The highest BCUT2D eigenvalue weighted by atomic mass is 16.3. The number of anilines is 6. The number of aromatic nitrogens is 1. The van der Waals surface area contributed by atoms with Gasteiger partial charge >= 0.3 is 0 Å². The van der Waals surface area contributed by atoms with Gasteiger partial charge in [0, 0.05) is 71.0 Å². The maximum Gasteiger partial charge on any atom is 0.159 e. The van der Waals surface area contributed by atoms with Crippen molar-refractivity contribution < 1.29 is 8.83 Å². The van der Waals surface area contributed by atoms with Gasteiger partial charge in [-0.25, -0.2) is 0 Å². The van der Waals surface area contributed by atoms with Crippen LogP contribution in [0.4, 0.5) is 34.1 Å². The summed E-state index contributed by atoms with van der Waals surface area (Å²) in [6.45, 7) is 18.5. The van der Waals surface area contributed by atoms with Crippen LogP contribution < -0.4 is 9.80 Å². The Morgan fingerprint density at radius 3 is 1.55 bits per heavy atom. The predicted molar refractivity (Wildman–Crippen MR) is 337 cm³/mol. The molecule has 0 saturated carbocycles. The van der Waals surface area contributed by atoms with Crippen LogP contribution in [0.25, 0.3) is 104 Å². The van der Waals surface area contributed by atoms with E-state index in [0.717, 1.165) is 78.0 Å². The number of rotatable bonds is 6. The molecule has 16 rings (SSSR count). The maximum atomic E-state index is 6.87. The Hall–Kier alpha value is -9.32. The second-order valence-corrected chi connectivity index (χ2v) is 24.9. The highest BCUT2D eigenvalue weighted by Gasteiger charge is 2.38. The first kappa shape index (κ1) is 46.7. The van der Waals surface area contributed by atoms with Crippen LogP contribution in [-0.4, -0.2) is 4.40 Å². The van der Waals surface area contributed by atoms with E-state index in [1.54, 1.807) is 0 Å². The SMILES string of the molecule is CC(C)(C)c1cccc(N(c2ccc3c(c2)C(C)(C)c2cc4ccc5c6ccc(N(c7cccc(C(C)(C)C)c7)c7cccc8c7oc7ccccc78)c7c8ccccc8n(c5c4cc2-3)c67)c2cccc3c2oc2ccccc23)c1. The van der Waals surface area contributed by atoms with Crippen LogP contribution in [0.1, 0.15) is 77.6 Å². The van der Waals surface area contributed by atoms with Gasteiger partial charge in [0.25, 0.3) is 0 Å². The average molecular weight is 1030 g/mol. The van der Waals surface area contributed by atoms with E-state index in [0.29, 0.717) is 0 Å². The molecule has 0 atom stereocenters. The van der Waals surface area contributed by atoms with Crippen LogP contribution >= 0.6 is 0 Å². The van der Waals surface area contributed by atoms with Crippen LogP contribution in [0, 0.1) is 0 Å². The predicted octanol–water partition coefficient (Wildman–Crippen LogP) is 21.6. The van der Waals surface area contributed by atoms with Gasteiger partial charge in [-0.05, 0) is 135 Å². The van der Waals surface area contributed by atoms with Crippen molar-refractivity contribution in [2.24, 2.45) is 0 Å². The summed E-state index contributed by atoms with van der Waals surface area (Å²) in [5.74, 6) is 0. The molecule has 11 aromatic carbocycles. The van der Waals surface area contributed by atoms with Crippen molar-refractivity contribution in [3.63, 3.8) is 0 Å². The number of para-hydroxylation sites is 5. The first-order valence-corrected chi connectivity index (χ1v) is 28.2. The molecule has 4 aromatic heterocycles. The normalized spacial score (nSPS) is 13.6.